The Balaban J connectivity index is 1.26. The Kier molecular flexibility index (Phi) is 6.47. The fourth-order valence-corrected chi connectivity index (χ4v) is 5.46. The van der Waals surface area contributed by atoms with Gasteiger partial charge >= 0.3 is 0 Å². The normalized spacial score (nSPS) is 16.8. The first-order valence-corrected chi connectivity index (χ1v) is 13.2. The summed E-state index contributed by atoms with van der Waals surface area (Å²) < 4.78 is 8.56. The Hall–Kier alpha value is -3.94. The minimum Gasteiger partial charge on any atom is -0.449 e. The first kappa shape index (κ1) is 23.5. The van der Waals surface area contributed by atoms with Gasteiger partial charge in [0.25, 0.3) is 5.91 Å². The molecule has 0 spiro atoms. The minimum atomic E-state index is -0.0829. The van der Waals surface area contributed by atoms with Gasteiger partial charge in [-0.05, 0) is 38.0 Å². The summed E-state index contributed by atoms with van der Waals surface area (Å²) in [5, 5.41) is 0. The quantitative estimate of drug-likeness (QED) is 0.369. The van der Waals surface area contributed by atoms with E-state index < -0.39 is 0 Å². The van der Waals surface area contributed by atoms with Crippen molar-refractivity contribution in [3.63, 3.8) is 0 Å². The number of carbonyl (C=O) groups excluding carboxylic acids is 1. The number of aromatic nitrogens is 4. The molecule has 0 radical (unpaired) electrons. The number of furan rings is 1. The third kappa shape index (κ3) is 4.75. The summed E-state index contributed by atoms with van der Waals surface area (Å²) in [5.41, 5.74) is 4.12. The average Bonchev–Trinajstić information content (AvgIpc) is 3.62. The van der Waals surface area contributed by atoms with Gasteiger partial charge in [0.15, 0.2) is 11.5 Å². The van der Waals surface area contributed by atoms with E-state index in [4.69, 9.17) is 9.40 Å². The van der Waals surface area contributed by atoms with Crippen molar-refractivity contribution in [3.8, 4) is 22.7 Å². The highest BCUT2D eigenvalue weighted by atomic mass is 16.4. The van der Waals surface area contributed by atoms with Crippen LogP contribution < -0.4 is 4.90 Å². The first-order valence-electron chi connectivity index (χ1n) is 13.2. The smallest absolute Gasteiger partial charge is 0.289 e. The number of carbonyl (C=O) groups is 1. The maximum Gasteiger partial charge on any atom is 0.289 e. The molecule has 8 heteroatoms. The van der Waals surface area contributed by atoms with Gasteiger partial charge in [-0.25, -0.2) is 15.0 Å². The van der Waals surface area contributed by atoms with E-state index in [9.17, 15) is 4.79 Å². The molecule has 0 N–H and O–H groups in total. The lowest BCUT2D eigenvalue weighted by Gasteiger charge is -2.34. The van der Waals surface area contributed by atoms with Crippen LogP contribution in [-0.2, 0) is 0 Å². The lowest BCUT2D eigenvalue weighted by atomic mass is 9.95. The molecule has 0 bridgehead atoms. The Morgan fingerprint density at radius 1 is 0.892 bits per heavy atom. The molecule has 1 saturated heterocycles. The van der Waals surface area contributed by atoms with Gasteiger partial charge in [-0.2, -0.15) is 0 Å². The molecule has 1 aliphatic carbocycles. The number of imidazole rings is 1. The molecule has 4 aromatic rings. The molecule has 2 aliphatic rings. The lowest BCUT2D eigenvalue weighted by molar-refractivity contribution is 0.0715. The lowest BCUT2D eigenvalue weighted by Crippen LogP contribution is -2.49. The fraction of sp³-hybridized carbons (Fsp3) is 0.379. The van der Waals surface area contributed by atoms with Gasteiger partial charge in [0, 0.05) is 50.2 Å². The standard InChI is InChI=1S/C29H32N6O2/c1-21-8-10-22(11-9-21)26-27(35(20-32-26)23-6-3-2-4-7-23)24-12-13-25(37-24)28(36)33-16-18-34(19-17-33)29-30-14-5-15-31-29/h5,8-15,20,23H,2-4,6-7,16-19H2,1H3. The Bertz CT molecular complexity index is 1350. The van der Waals surface area contributed by atoms with Crippen molar-refractivity contribution in [2.75, 3.05) is 31.1 Å². The number of nitrogens with zero attached hydrogens (tertiary/aromatic N) is 6. The monoisotopic (exact) mass is 496 g/mol. The van der Waals surface area contributed by atoms with E-state index in [1.807, 2.05) is 29.4 Å². The predicted octanol–water partition coefficient (Wildman–Crippen LogP) is 5.38. The van der Waals surface area contributed by atoms with Crippen LogP contribution in [0.3, 0.4) is 0 Å². The van der Waals surface area contributed by atoms with Gasteiger partial charge in [-0.1, -0.05) is 49.1 Å². The molecule has 2 fully saturated rings. The summed E-state index contributed by atoms with van der Waals surface area (Å²) >= 11 is 0. The van der Waals surface area contributed by atoms with Crippen molar-refractivity contribution in [1.29, 1.82) is 0 Å². The van der Waals surface area contributed by atoms with Crippen LogP contribution >= 0.6 is 0 Å². The summed E-state index contributed by atoms with van der Waals surface area (Å²) in [7, 11) is 0. The second-order valence-electron chi connectivity index (χ2n) is 10.00. The number of rotatable bonds is 5. The van der Waals surface area contributed by atoms with Crippen molar-refractivity contribution in [2.45, 2.75) is 45.1 Å². The molecule has 37 heavy (non-hydrogen) atoms. The van der Waals surface area contributed by atoms with Crippen LogP contribution in [0, 0.1) is 6.92 Å². The van der Waals surface area contributed by atoms with Crippen molar-refractivity contribution < 1.29 is 9.21 Å². The Morgan fingerprint density at radius 2 is 1.62 bits per heavy atom. The van der Waals surface area contributed by atoms with E-state index in [2.05, 4.69) is 50.6 Å². The van der Waals surface area contributed by atoms with Crippen molar-refractivity contribution in [2.24, 2.45) is 0 Å². The van der Waals surface area contributed by atoms with Gasteiger partial charge in [0.2, 0.25) is 5.95 Å². The number of piperazine rings is 1. The molecule has 8 nitrogen and oxygen atoms in total. The zero-order valence-electron chi connectivity index (χ0n) is 21.2. The highest BCUT2D eigenvalue weighted by Gasteiger charge is 2.28. The molecule has 1 aliphatic heterocycles. The van der Waals surface area contributed by atoms with Crippen molar-refractivity contribution in [3.05, 3.63) is 72.5 Å². The Labute approximate surface area is 217 Å². The third-order valence-corrected chi connectivity index (χ3v) is 7.54. The van der Waals surface area contributed by atoms with Crippen molar-refractivity contribution >= 4 is 11.9 Å². The number of aryl methyl sites for hydroxylation is 1. The van der Waals surface area contributed by atoms with Gasteiger partial charge in [-0.15, -0.1) is 0 Å². The number of amides is 1. The number of benzene rings is 1. The molecule has 0 atom stereocenters. The van der Waals surface area contributed by atoms with Crippen LogP contribution in [0.5, 0.6) is 0 Å². The SMILES string of the molecule is Cc1ccc(-c2ncn(C3CCCCC3)c2-c2ccc(C(=O)N3CCN(c4ncccn4)CC3)o2)cc1. The molecule has 0 unspecified atom stereocenters. The van der Waals surface area contributed by atoms with E-state index >= 15 is 0 Å². The van der Waals surface area contributed by atoms with Crippen LogP contribution in [0.1, 0.15) is 54.3 Å². The molecule has 1 saturated carbocycles. The zero-order valence-corrected chi connectivity index (χ0v) is 21.2. The zero-order chi connectivity index (χ0) is 25.2. The molecule has 4 heterocycles. The summed E-state index contributed by atoms with van der Waals surface area (Å²) in [4.78, 5) is 30.8. The first-order chi connectivity index (χ1) is 18.2. The summed E-state index contributed by atoms with van der Waals surface area (Å²) in [6, 6.07) is 14.4. The minimum absolute atomic E-state index is 0.0829. The third-order valence-electron chi connectivity index (χ3n) is 7.54. The van der Waals surface area contributed by atoms with Crippen LogP contribution in [-0.4, -0.2) is 56.5 Å². The summed E-state index contributed by atoms with van der Waals surface area (Å²) in [5.74, 6) is 1.68. The van der Waals surface area contributed by atoms with Gasteiger partial charge < -0.3 is 18.8 Å². The second kappa shape index (κ2) is 10.2. The van der Waals surface area contributed by atoms with Crippen LogP contribution in [0.4, 0.5) is 5.95 Å². The maximum absolute atomic E-state index is 13.4. The van der Waals surface area contributed by atoms with E-state index in [0.29, 0.717) is 49.7 Å². The predicted molar refractivity (Wildman–Crippen MR) is 142 cm³/mol. The second-order valence-corrected chi connectivity index (χ2v) is 10.00. The van der Waals surface area contributed by atoms with E-state index in [0.717, 1.165) is 29.8 Å². The van der Waals surface area contributed by atoms with Gasteiger partial charge in [0.05, 0.1) is 12.0 Å². The largest absolute Gasteiger partial charge is 0.449 e. The highest BCUT2D eigenvalue weighted by molar-refractivity contribution is 5.92. The molecular formula is C29H32N6O2. The van der Waals surface area contributed by atoms with E-state index in [1.54, 1.807) is 12.4 Å². The van der Waals surface area contributed by atoms with Gasteiger partial charge in [-0.3, -0.25) is 4.79 Å². The van der Waals surface area contributed by atoms with Crippen LogP contribution in [0.25, 0.3) is 22.7 Å². The molecule has 1 amide bonds. The fourth-order valence-electron chi connectivity index (χ4n) is 5.46. The number of hydrogen-bond acceptors (Lipinski definition) is 6. The highest BCUT2D eigenvalue weighted by Crippen LogP contribution is 2.38. The number of anilines is 1. The van der Waals surface area contributed by atoms with E-state index in [1.165, 1.54) is 24.8 Å². The Morgan fingerprint density at radius 3 is 2.35 bits per heavy atom. The average molecular weight is 497 g/mol. The molecular weight excluding hydrogens is 464 g/mol. The maximum atomic E-state index is 13.4. The van der Waals surface area contributed by atoms with Crippen molar-refractivity contribution in [1.82, 2.24) is 24.4 Å². The van der Waals surface area contributed by atoms with Crippen LogP contribution in [0.15, 0.2) is 65.6 Å². The molecule has 6 rings (SSSR count). The molecule has 3 aromatic heterocycles. The molecule has 1 aromatic carbocycles. The molecule has 190 valence electrons. The summed E-state index contributed by atoms with van der Waals surface area (Å²) in [6.45, 7) is 4.66. The van der Waals surface area contributed by atoms with Gasteiger partial charge in [0.1, 0.15) is 5.69 Å². The number of hydrogen-bond donors (Lipinski definition) is 0. The summed E-state index contributed by atoms with van der Waals surface area (Å²) in [6.07, 6.45) is 11.5. The topological polar surface area (TPSA) is 80.3 Å². The van der Waals surface area contributed by atoms with E-state index in [-0.39, 0.29) is 5.91 Å². The van der Waals surface area contributed by atoms with Crippen LogP contribution in [0.2, 0.25) is 0 Å².